The highest BCUT2D eigenvalue weighted by atomic mass is 19.4. The molecule has 4 nitrogen and oxygen atoms in total. The number of alkyl halides is 3. The molecule has 1 aliphatic heterocycles. The molecule has 0 radical (unpaired) electrons. The molecule has 0 fully saturated rings. The second kappa shape index (κ2) is 6.58. The summed E-state index contributed by atoms with van der Waals surface area (Å²) in [5.41, 5.74) is 0.919. The van der Waals surface area contributed by atoms with Gasteiger partial charge in [-0.2, -0.15) is 13.2 Å². The van der Waals surface area contributed by atoms with Crippen LogP contribution in [0.3, 0.4) is 0 Å². The van der Waals surface area contributed by atoms with Crippen molar-refractivity contribution in [3.8, 4) is 0 Å². The van der Waals surface area contributed by atoms with Crippen molar-refractivity contribution in [3.63, 3.8) is 0 Å². The van der Waals surface area contributed by atoms with E-state index in [1.807, 2.05) is 0 Å². The minimum absolute atomic E-state index is 0.0383. The van der Waals surface area contributed by atoms with Crippen molar-refractivity contribution in [2.24, 2.45) is 0 Å². The highest BCUT2D eigenvalue weighted by Gasteiger charge is 2.32. The van der Waals surface area contributed by atoms with E-state index in [0.29, 0.717) is 16.7 Å². The Morgan fingerprint density at radius 3 is 2.44 bits per heavy atom. The molecule has 1 unspecified atom stereocenters. The number of fused-ring (bicyclic) bond motifs is 1. The normalized spacial score (nSPS) is 16.3. The molecule has 1 aliphatic rings. The van der Waals surface area contributed by atoms with Gasteiger partial charge in [0.1, 0.15) is 6.10 Å². The lowest BCUT2D eigenvalue weighted by Crippen LogP contribution is -2.24. The van der Waals surface area contributed by atoms with Gasteiger partial charge in [-0.3, -0.25) is 4.79 Å². The fourth-order valence-electron chi connectivity index (χ4n) is 2.62. The van der Waals surface area contributed by atoms with Crippen LogP contribution < -0.4 is 5.32 Å². The molecule has 130 valence electrons. The van der Waals surface area contributed by atoms with Crippen molar-refractivity contribution in [1.82, 2.24) is 5.32 Å². The fraction of sp³-hybridized carbons (Fsp3) is 0.222. The number of ether oxygens (including phenoxy) is 1. The van der Waals surface area contributed by atoms with Gasteiger partial charge in [0.25, 0.3) is 0 Å². The monoisotopic (exact) mass is 349 g/mol. The molecule has 1 N–H and O–H groups in total. The van der Waals surface area contributed by atoms with E-state index in [1.54, 1.807) is 24.3 Å². The third-order valence-electron chi connectivity index (χ3n) is 3.92. The van der Waals surface area contributed by atoms with Gasteiger partial charge in [0.05, 0.1) is 17.5 Å². The first-order valence-corrected chi connectivity index (χ1v) is 7.57. The molecule has 2 aromatic rings. The van der Waals surface area contributed by atoms with Crippen molar-refractivity contribution in [1.29, 1.82) is 0 Å². The van der Waals surface area contributed by atoms with E-state index >= 15 is 0 Å². The van der Waals surface area contributed by atoms with Gasteiger partial charge in [-0.1, -0.05) is 30.3 Å². The van der Waals surface area contributed by atoms with E-state index in [4.69, 9.17) is 4.74 Å². The van der Waals surface area contributed by atoms with Gasteiger partial charge in [0, 0.05) is 12.1 Å². The van der Waals surface area contributed by atoms with Crippen molar-refractivity contribution in [3.05, 3.63) is 70.8 Å². The highest BCUT2D eigenvalue weighted by molar-refractivity contribution is 5.94. The van der Waals surface area contributed by atoms with Gasteiger partial charge in [-0.05, 0) is 23.8 Å². The predicted molar refractivity (Wildman–Crippen MR) is 82.5 cm³/mol. The number of nitrogens with one attached hydrogen (secondary N) is 1. The Labute approximate surface area is 141 Å². The Balaban J connectivity index is 1.56. The molecule has 1 heterocycles. The lowest BCUT2D eigenvalue weighted by Gasteiger charge is -2.12. The summed E-state index contributed by atoms with van der Waals surface area (Å²) >= 11 is 0. The summed E-state index contributed by atoms with van der Waals surface area (Å²) in [7, 11) is 0. The molecule has 2 aromatic carbocycles. The molecule has 0 saturated heterocycles. The number of carbonyl (C=O) groups excluding carboxylic acids is 2. The van der Waals surface area contributed by atoms with Crippen LogP contribution in [0.2, 0.25) is 0 Å². The maximum absolute atomic E-state index is 12.5. The van der Waals surface area contributed by atoms with Gasteiger partial charge >= 0.3 is 12.1 Å². The van der Waals surface area contributed by atoms with Gasteiger partial charge in [-0.15, -0.1) is 0 Å². The molecule has 1 amide bonds. The molecule has 7 heteroatoms. The molecular weight excluding hydrogens is 335 g/mol. The van der Waals surface area contributed by atoms with E-state index < -0.39 is 23.8 Å². The summed E-state index contributed by atoms with van der Waals surface area (Å²) in [6, 6.07) is 11.4. The first-order chi connectivity index (χ1) is 11.8. The number of cyclic esters (lactones) is 1. The summed E-state index contributed by atoms with van der Waals surface area (Å²) in [5.74, 6) is -0.814. The number of amides is 1. The van der Waals surface area contributed by atoms with Gasteiger partial charge in [0.2, 0.25) is 5.91 Å². The molecule has 0 bridgehead atoms. The maximum atomic E-state index is 12.5. The summed E-state index contributed by atoms with van der Waals surface area (Å²) in [4.78, 5) is 23.7. The largest absolute Gasteiger partial charge is 0.453 e. The number of esters is 1. The zero-order valence-corrected chi connectivity index (χ0v) is 13.0. The van der Waals surface area contributed by atoms with Crippen LogP contribution in [0.4, 0.5) is 13.2 Å². The highest BCUT2D eigenvalue weighted by Crippen LogP contribution is 2.32. The first-order valence-electron chi connectivity index (χ1n) is 7.57. The standard InChI is InChI=1S/C18H14F3NO3/c19-18(20,21)12-7-5-11(6-8-12)10-22-16(23)9-15-13-3-1-2-4-14(13)17(24)25-15/h1-8,15H,9-10H2,(H,22,23). The minimum Gasteiger partial charge on any atom is -0.453 e. The van der Waals surface area contributed by atoms with Crippen molar-refractivity contribution in [2.75, 3.05) is 0 Å². The minimum atomic E-state index is -4.39. The lowest BCUT2D eigenvalue weighted by molar-refractivity contribution is -0.137. The Morgan fingerprint density at radius 1 is 1.08 bits per heavy atom. The number of carbonyl (C=O) groups is 2. The van der Waals surface area contributed by atoms with E-state index in [-0.39, 0.29) is 18.9 Å². The molecule has 0 aromatic heterocycles. The van der Waals surface area contributed by atoms with Crippen LogP contribution >= 0.6 is 0 Å². The Kier molecular flexibility index (Phi) is 4.48. The van der Waals surface area contributed by atoms with Crippen molar-refractivity contribution >= 4 is 11.9 Å². The second-order valence-electron chi connectivity index (χ2n) is 5.66. The number of halogens is 3. The molecular formula is C18H14F3NO3. The van der Waals surface area contributed by atoms with Crippen LogP contribution in [-0.4, -0.2) is 11.9 Å². The Morgan fingerprint density at radius 2 is 1.76 bits per heavy atom. The number of hydrogen-bond donors (Lipinski definition) is 1. The first kappa shape index (κ1) is 17.0. The predicted octanol–water partition coefficient (Wildman–Crippen LogP) is 3.62. The quantitative estimate of drug-likeness (QED) is 0.858. The second-order valence-corrected chi connectivity index (χ2v) is 5.66. The Hall–Kier alpha value is -2.83. The van der Waals surface area contributed by atoms with E-state index in [9.17, 15) is 22.8 Å². The van der Waals surface area contributed by atoms with Crippen LogP contribution in [0, 0.1) is 0 Å². The lowest BCUT2D eigenvalue weighted by atomic mass is 10.0. The number of hydrogen-bond acceptors (Lipinski definition) is 3. The number of rotatable bonds is 4. The smallest absolute Gasteiger partial charge is 0.416 e. The van der Waals surface area contributed by atoms with Crippen molar-refractivity contribution < 1.29 is 27.5 Å². The van der Waals surface area contributed by atoms with Crippen LogP contribution in [-0.2, 0) is 22.3 Å². The third-order valence-corrected chi connectivity index (χ3v) is 3.92. The van der Waals surface area contributed by atoms with E-state index in [2.05, 4.69) is 5.32 Å². The summed E-state index contributed by atoms with van der Waals surface area (Å²) in [5, 5.41) is 2.62. The Bertz CT molecular complexity index is 800. The van der Waals surface area contributed by atoms with Gasteiger partial charge < -0.3 is 10.1 Å². The molecule has 3 rings (SSSR count). The summed E-state index contributed by atoms with van der Waals surface area (Å²) in [6.45, 7) is 0.0965. The van der Waals surface area contributed by atoms with Crippen LogP contribution in [0.1, 0.15) is 39.6 Å². The van der Waals surface area contributed by atoms with E-state index in [1.165, 1.54) is 12.1 Å². The molecule has 25 heavy (non-hydrogen) atoms. The fourth-order valence-corrected chi connectivity index (χ4v) is 2.62. The molecule has 0 aliphatic carbocycles. The van der Waals surface area contributed by atoms with E-state index in [0.717, 1.165) is 12.1 Å². The summed E-state index contributed by atoms with van der Waals surface area (Å²) in [6.07, 6.45) is -5.07. The van der Waals surface area contributed by atoms with Crippen LogP contribution in [0.15, 0.2) is 48.5 Å². The topological polar surface area (TPSA) is 55.4 Å². The average molecular weight is 349 g/mol. The maximum Gasteiger partial charge on any atom is 0.416 e. The molecule has 0 saturated carbocycles. The number of benzene rings is 2. The van der Waals surface area contributed by atoms with Crippen LogP contribution in [0.25, 0.3) is 0 Å². The molecule has 0 spiro atoms. The summed E-state index contributed by atoms with van der Waals surface area (Å²) < 4.78 is 42.7. The third kappa shape index (κ3) is 3.81. The SMILES string of the molecule is O=C(CC1OC(=O)c2ccccc21)NCc1ccc(C(F)(F)F)cc1. The van der Waals surface area contributed by atoms with Crippen LogP contribution in [0.5, 0.6) is 0 Å². The zero-order chi connectivity index (χ0) is 18.0. The van der Waals surface area contributed by atoms with Gasteiger partial charge in [-0.25, -0.2) is 4.79 Å². The average Bonchev–Trinajstić information content (AvgIpc) is 2.89. The molecule has 1 atom stereocenters. The van der Waals surface area contributed by atoms with Crippen molar-refractivity contribution in [2.45, 2.75) is 25.2 Å². The van der Waals surface area contributed by atoms with Gasteiger partial charge in [0.15, 0.2) is 0 Å². The zero-order valence-electron chi connectivity index (χ0n) is 13.0.